The lowest BCUT2D eigenvalue weighted by Gasteiger charge is -2.31. The summed E-state index contributed by atoms with van der Waals surface area (Å²) < 4.78 is 21.8. The zero-order valence-corrected chi connectivity index (χ0v) is 15.0. The molecule has 1 aromatic rings. The Morgan fingerprint density at radius 2 is 2.04 bits per heavy atom. The number of nitrogens with two attached hydrogens (primary N) is 1. The predicted octanol–water partition coefficient (Wildman–Crippen LogP) is 2.15. The summed E-state index contributed by atoms with van der Waals surface area (Å²) in [7, 11) is -3.47. The number of carbonyl (C=O) groups excluding carboxylic acids is 1. The van der Waals surface area contributed by atoms with Gasteiger partial charge in [-0.05, 0) is 38.3 Å². The molecule has 5 nitrogen and oxygen atoms in total. The highest BCUT2D eigenvalue weighted by molar-refractivity contribution is 8.00. The zero-order valence-electron chi connectivity index (χ0n) is 13.4. The summed E-state index contributed by atoms with van der Waals surface area (Å²) in [6.07, 6.45) is 2.50. The second kappa shape index (κ2) is 8.17. The van der Waals surface area contributed by atoms with Crippen molar-refractivity contribution >= 4 is 27.7 Å². The van der Waals surface area contributed by atoms with E-state index in [2.05, 4.69) is 31.2 Å². The first-order valence-corrected chi connectivity index (χ1v) is 10.4. The molecule has 2 rings (SSSR count). The molecule has 0 atom stereocenters. The summed E-state index contributed by atoms with van der Waals surface area (Å²) in [6.45, 7) is 3.59. The fraction of sp³-hybridized carbons (Fsp3) is 0.562. The molecule has 1 aliphatic heterocycles. The molecular formula is C16H24N2O3S2. The maximum atomic E-state index is 12.1. The molecule has 7 heteroatoms. The topological polar surface area (TPSA) is 80.5 Å². The van der Waals surface area contributed by atoms with E-state index in [1.54, 1.807) is 0 Å². The van der Waals surface area contributed by atoms with Crippen molar-refractivity contribution in [3.05, 3.63) is 29.8 Å². The number of hydrogen-bond acceptors (Lipinski definition) is 4. The molecule has 1 amide bonds. The minimum absolute atomic E-state index is 0.0349. The normalized spacial score (nSPS) is 16.5. The monoisotopic (exact) mass is 356 g/mol. The summed E-state index contributed by atoms with van der Waals surface area (Å²) in [5.41, 5.74) is 1.26. The van der Waals surface area contributed by atoms with Gasteiger partial charge < -0.3 is 4.90 Å². The first-order valence-electron chi connectivity index (χ1n) is 7.85. The van der Waals surface area contributed by atoms with Crippen molar-refractivity contribution in [3.63, 3.8) is 0 Å². The van der Waals surface area contributed by atoms with Crippen LogP contribution >= 0.6 is 11.8 Å². The molecule has 0 radical (unpaired) electrons. The lowest BCUT2D eigenvalue weighted by atomic mass is 10.1. The summed E-state index contributed by atoms with van der Waals surface area (Å²) >= 11 is 1.88. The molecule has 1 aliphatic rings. The molecular weight excluding hydrogens is 332 g/mol. The summed E-state index contributed by atoms with van der Waals surface area (Å²) in [4.78, 5) is 15.2. The van der Waals surface area contributed by atoms with Crippen molar-refractivity contribution in [2.45, 2.75) is 42.8 Å². The summed E-state index contributed by atoms with van der Waals surface area (Å²) in [5.74, 6) is -0.0917. The number of hydrogen-bond donors (Lipinski definition) is 1. The molecule has 1 heterocycles. The quantitative estimate of drug-likeness (QED) is 0.847. The van der Waals surface area contributed by atoms with Crippen molar-refractivity contribution in [2.24, 2.45) is 5.14 Å². The smallest absolute Gasteiger partial charge is 0.222 e. The van der Waals surface area contributed by atoms with E-state index in [4.69, 9.17) is 5.14 Å². The van der Waals surface area contributed by atoms with E-state index in [1.807, 2.05) is 16.7 Å². The number of piperidine rings is 1. The Hall–Kier alpha value is -1.05. The van der Waals surface area contributed by atoms with Gasteiger partial charge in [-0.1, -0.05) is 17.7 Å². The first kappa shape index (κ1) is 18.3. The van der Waals surface area contributed by atoms with Crippen LogP contribution in [0.2, 0.25) is 0 Å². The molecule has 0 bridgehead atoms. The number of nitrogens with zero attached hydrogens (tertiary/aromatic N) is 1. The Bertz CT molecular complexity index is 638. The molecule has 128 valence electrons. The minimum atomic E-state index is -3.47. The summed E-state index contributed by atoms with van der Waals surface area (Å²) in [6, 6.07) is 8.48. The van der Waals surface area contributed by atoms with Crippen molar-refractivity contribution in [3.8, 4) is 0 Å². The van der Waals surface area contributed by atoms with Crippen LogP contribution in [0.5, 0.6) is 0 Å². The third-order valence-corrected chi connectivity index (χ3v) is 6.10. The van der Waals surface area contributed by atoms with Gasteiger partial charge in [-0.15, -0.1) is 11.8 Å². The molecule has 1 aromatic carbocycles. The average molecular weight is 357 g/mol. The molecule has 0 spiro atoms. The van der Waals surface area contributed by atoms with Gasteiger partial charge in [0.05, 0.1) is 5.75 Å². The predicted molar refractivity (Wildman–Crippen MR) is 93.8 cm³/mol. The van der Waals surface area contributed by atoms with E-state index in [0.29, 0.717) is 11.7 Å². The van der Waals surface area contributed by atoms with Crippen molar-refractivity contribution in [2.75, 3.05) is 18.8 Å². The van der Waals surface area contributed by atoms with Gasteiger partial charge in [0.15, 0.2) is 0 Å². The van der Waals surface area contributed by atoms with E-state index >= 15 is 0 Å². The number of thioether (sulfide) groups is 1. The number of rotatable bonds is 6. The second-order valence-electron chi connectivity index (χ2n) is 5.99. The maximum Gasteiger partial charge on any atom is 0.222 e. The van der Waals surface area contributed by atoms with Gasteiger partial charge in [0, 0.05) is 29.7 Å². The number of benzene rings is 1. The Morgan fingerprint density at radius 1 is 1.35 bits per heavy atom. The van der Waals surface area contributed by atoms with E-state index in [1.165, 1.54) is 10.5 Å². The molecule has 2 N–H and O–H groups in total. The van der Waals surface area contributed by atoms with Crippen molar-refractivity contribution in [1.82, 2.24) is 4.90 Å². The van der Waals surface area contributed by atoms with Gasteiger partial charge >= 0.3 is 0 Å². The fourth-order valence-corrected chi connectivity index (χ4v) is 4.48. The second-order valence-corrected chi connectivity index (χ2v) is 9.09. The highest BCUT2D eigenvalue weighted by Gasteiger charge is 2.23. The molecule has 1 fully saturated rings. The Kier molecular flexibility index (Phi) is 6.50. The van der Waals surface area contributed by atoms with Crippen LogP contribution in [0.1, 0.15) is 31.2 Å². The largest absolute Gasteiger partial charge is 0.343 e. The van der Waals surface area contributed by atoms with Gasteiger partial charge in [0.25, 0.3) is 0 Å². The van der Waals surface area contributed by atoms with E-state index in [9.17, 15) is 13.2 Å². The van der Waals surface area contributed by atoms with Crippen molar-refractivity contribution in [1.29, 1.82) is 0 Å². The third kappa shape index (κ3) is 6.53. The Morgan fingerprint density at radius 3 is 2.65 bits per heavy atom. The van der Waals surface area contributed by atoms with Crippen LogP contribution < -0.4 is 5.14 Å². The summed E-state index contributed by atoms with van der Waals surface area (Å²) in [5, 5.41) is 5.48. The van der Waals surface area contributed by atoms with E-state index in [0.717, 1.165) is 25.9 Å². The maximum absolute atomic E-state index is 12.1. The molecule has 0 aliphatic carbocycles. The van der Waals surface area contributed by atoms with Gasteiger partial charge in [0.2, 0.25) is 15.9 Å². The third-order valence-electron chi connectivity index (χ3n) is 3.91. The van der Waals surface area contributed by atoms with Crippen LogP contribution in [0.15, 0.2) is 29.2 Å². The number of primary sulfonamides is 1. The number of sulfonamides is 1. The Balaban J connectivity index is 1.74. The van der Waals surface area contributed by atoms with Crippen LogP contribution in [0.4, 0.5) is 0 Å². The van der Waals surface area contributed by atoms with Crippen LogP contribution in [0.3, 0.4) is 0 Å². The van der Waals surface area contributed by atoms with Gasteiger partial charge in [-0.25, -0.2) is 13.6 Å². The average Bonchev–Trinajstić information content (AvgIpc) is 2.46. The molecule has 0 unspecified atom stereocenters. The first-order chi connectivity index (χ1) is 10.8. The highest BCUT2D eigenvalue weighted by atomic mass is 32.2. The fourth-order valence-electron chi connectivity index (χ4n) is 2.69. The standard InChI is InChI=1S/C16H24N2O3S2/c1-13-4-2-5-15(12-13)22-14-7-9-18(10-8-14)16(19)6-3-11-23(17,20)21/h2,4-5,12,14H,3,6-11H2,1H3,(H2,17,20,21). The highest BCUT2D eigenvalue weighted by Crippen LogP contribution is 2.30. The molecule has 1 saturated heterocycles. The van der Waals surface area contributed by atoms with E-state index < -0.39 is 10.0 Å². The molecule has 23 heavy (non-hydrogen) atoms. The lowest BCUT2D eigenvalue weighted by Crippen LogP contribution is -2.39. The molecule has 0 aromatic heterocycles. The van der Waals surface area contributed by atoms with E-state index in [-0.39, 0.29) is 18.1 Å². The zero-order chi connectivity index (χ0) is 16.9. The van der Waals surface area contributed by atoms with Crippen LogP contribution in [-0.2, 0) is 14.8 Å². The molecule has 0 saturated carbocycles. The van der Waals surface area contributed by atoms with Crippen LogP contribution in [0, 0.1) is 6.92 Å². The lowest BCUT2D eigenvalue weighted by molar-refractivity contribution is -0.132. The van der Waals surface area contributed by atoms with Crippen molar-refractivity contribution < 1.29 is 13.2 Å². The number of aryl methyl sites for hydroxylation is 1. The van der Waals surface area contributed by atoms with Crippen LogP contribution in [-0.4, -0.2) is 43.3 Å². The van der Waals surface area contributed by atoms with Gasteiger partial charge in [-0.2, -0.15) is 0 Å². The number of amides is 1. The number of carbonyl (C=O) groups is 1. The SMILES string of the molecule is Cc1cccc(SC2CCN(C(=O)CCCS(N)(=O)=O)CC2)c1. The van der Waals surface area contributed by atoms with Gasteiger partial charge in [-0.3, -0.25) is 4.79 Å². The Labute approximate surface area is 142 Å². The van der Waals surface area contributed by atoms with Gasteiger partial charge in [0.1, 0.15) is 0 Å². The number of likely N-dealkylation sites (tertiary alicyclic amines) is 1. The van der Waals surface area contributed by atoms with Crippen LogP contribution in [0.25, 0.3) is 0 Å². The minimum Gasteiger partial charge on any atom is -0.343 e.